The average Bonchev–Trinajstić information content (AvgIpc) is 3.20. The van der Waals surface area contributed by atoms with E-state index in [1.165, 1.54) is 33.2 Å². The zero-order valence-corrected chi connectivity index (χ0v) is 28.6. The van der Waals surface area contributed by atoms with Crippen LogP contribution in [0.5, 0.6) is 0 Å². The molecule has 0 spiro atoms. The van der Waals surface area contributed by atoms with Gasteiger partial charge in [0.05, 0.1) is 0 Å². The molecule has 8 aromatic carbocycles. The Bertz CT molecular complexity index is 2350. The second kappa shape index (κ2) is 14.5. The quantitative estimate of drug-likeness (QED) is 0.143. The molecule has 51 heavy (non-hydrogen) atoms. The van der Waals surface area contributed by atoms with Gasteiger partial charge >= 0.3 is 0 Å². The number of hydrogen-bond donors (Lipinski definition) is 0. The van der Waals surface area contributed by atoms with E-state index in [2.05, 4.69) is 229 Å². The van der Waals surface area contributed by atoms with Gasteiger partial charge in [-0.2, -0.15) is 0 Å². The number of benzene rings is 8. The summed E-state index contributed by atoms with van der Waals surface area (Å²) < 4.78 is 0. The highest BCUT2D eigenvalue weighted by atomic mass is 15.1. The normalized spacial score (nSPS) is 11.2. The van der Waals surface area contributed by atoms with Gasteiger partial charge in [-0.1, -0.05) is 146 Å². The third-order valence-electron chi connectivity index (χ3n) is 9.37. The lowest BCUT2D eigenvalue weighted by molar-refractivity contribution is 1.25. The molecular weight excluding hydrogens is 617 g/mol. The van der Waals surface area contributed by atoms with Crippen molar-refractivity contribution in [2.75, 3.05) is 9.80 Å². The van der Waals surface area contributed by atoms with E-state index in [9.17, 15) is 0 Å². The SMILES string of the molecule is Cc1ccccc1N(c1ccc(-c2ccc(/C=C/c3ccc(N(c4ccccc4)c4ccccc4)cc3)cc2)cc1)c1ccc2ccccc2c1. The molecule has 244 valence electrons. The maximum Gasteiger partial charge on any atom is 0.0490 e. The van der Waals surface area contributed by atoms with Crippen LogP contribution in [0.4, 0.5) is 34.1 Å². The number of nitrogens with zero attached hydrogens (tertiary/aromatic N) is 2. The second-order valence-corrected chi connectivity index (χ2v) is 12.8. The van der Waals surface area contributed by atoms with Crippen LogP contribution >= 0.6 is 0 Å². The Morgan fingerprint density at radius 2 is 0.765 bits per heavy atom. The summed E-state index contributed by atoms with van der Waals surface area (Å²) in [6.45, 7) is 2.17. The summed E-state index contributed by atoms with van der Waals surface area (Å²) >= 11 is 0. The number of para-hydroxylation sites is 3. The van der Waals surface area contributed by atoms with Gasteiger partial charge in [0.15, 0.2) is 0 Å². The number of hydrogen-bond acceptors (Lipinski definition) is 2. The highest BCUT2D eigenvalue weighted by Gasteiger charge is 2.15. The van der Waals surface area contributed by atoms with E-state index >= 15 is 0 Å². The minimum atomic E-state index is 1.12. The van der Waals surface area contributed by atoms with Crippen molar-refractivity contribution in [2.24, 2.45) is 0 Å². The summed E-state index contributed by atoms with van der Waals surface area (Å²) in [7, 11) is 0. The van der Waals surface area contributed by atoms with Crippen molar-refractivity contribution in [1.29, 1.82) is 0 Å². The first-order valence-corrected chi connectivity index (χ1v) is 17.4. The fourth-order valence-corrected chi connectivity index (χ4v) is 6.68. The van der Waals surface area contributed by atoms with Gasteiger partial charge in [0, 0.05) is 34.1 Å². The first kappa shape index (κ1) is 31.6. The zero-order valence-electron chi connectivity index (χ0n) is 28.6. The Morgan fingerprint density at radius 1 is 0.333 bits per heavy atom. The van der Waals surface area contributed by atoms with Crippen molar-refractivity contribution in [3.05, 3.63) is 217 Å². The molecule has 0 heterocycles. The molecule has 0 saturated heterocycles. The zero-order chi connectivity index (χ0) is 34.4. The fourth-order valence-electron chi connectivity index (χ4n) is 6.68. The highest BCUT2D eigenvalue weighted by Crippen LogP contribution is 2.39. The lowest BCUT2D eigenvalue weighted by Crippen LogP contribution is -2.11. The van der Waals surface area contributed by atoms with E-state index in [-0.39, 0.29) is 0 Å². The molecule has 0 atom stereocenters. The molecule has 0 amide bonds. The van der Waals surface area contributed by atoms with E-state index in [0.717, 1.165) is 39.6 Å². The van der Waals surface area contributed by atoms with Crippen LogP contribution in [0.3, 0.4) is 0 Å². The van der Waals surface area contributed by atoms with E-state index < -0.39 is 0 Å². The molecule has 0 bridgehead atoms. The van der Waals surface area contributed by atoms with Gasteiger partial charge in [0.2, 0.25) is 0 Å². The van der Waals surface area contributed by atoms with Gasteiger partial charge in [-0.3, -0.25) is 0 Å². The van der Waals surface area contributed by atoms with Crippen LogP contribution < -0.4 is 9.80 Å². The molecule has 0 radical (unpaired) electrons. The monoisotopic (exact) mass is 654 g/mol. The predicted octanol–water partition coefficient (Wildman–Crippen LogP) is 13.9. The summed E-state index contributed by atoms with van der Waals surface area (Å²) in [5.74, 6) is 0. The summed E-state index contributed by atoms with van der Waals surface area (Å²) in [6, 6.07) is 71.3. The molecule has 0 saturated carbocycles. The molecule has 0 unspecified atom stereocenters. The first-order chi connectivity index (χ1) is 25.2. The molecule has 0 aliphatic carbocycles. The molecular formula is C49H38N2. The van der Waals surface area contributed by atoms with Gasteiger partial charge < -0.3 is 9.80 Å². The van der Waals surface area contributed by atoms with Crippen molar-refractivity contribution >= 4 is 57.0 Å². The smallest absolute Gasteiger partial charge is 0.0490 e. The van der Waals surface area contributed by atoms with Gasteiger partial charge in [0.25, 0.3) is 0 Å². The van der Waals surface area contributed by atoms with Gasteiger partial charge in [-0.25, -0.2) is 0 Å². The maximum absolute atomic E-state index is 2.35. The Hall–Kier alpha value is -6.64. The summed E-state index contributed by atoms with van der Waals surface area (Å²) in [5, 5.41) is 2.47. The van der Waals surface area contributed by atoms with Crippen LogP contribution in [-0.2, 0) is 0 Å². The average molecular weight is 655 g/mol. The van der Waals surface area contributed by atoms with E-state index in [0.29, 0.717) is 0 Å². The van der Waals surface area contributed by atoms with E-state index in [1.807, 2.05) is 0 Å². The number of anilines is 6. The van der Waals surface area contributed by atoms with E-state index in [4.69, 9.17) is 0 Å². The summed E-state index contributed by atoms with van der Waals surface area (Å²) in [4.78, 5) is 4.63. The van der Waals surface area contributed by atoms with Gasteiger partial charge in [-0.05, 0) is 112 Å². The predicted molar refractivity (Wildman–Crippen MR) is 219 cm³/mol. The minimum Gasteiger partial charge on any atom is -0.311 e. The Morgan fingerprint density at radius 3 is 1.37 bits per heavy atom. The molecule has 2 heteroatoms. The van der Waals surface area contributed by atoms with Crippen molar-refractivity contribution < 1.29 is 0 Å². The summed E-state index contributed by atoms with van der Waals surface area (Å²) in [6.07, 6.45) is 4.35. The Balaban J connectivity index is 1.00. The third kappa shape index (κ3) is 6.94. The molecule has 8 aromatic rings. The third-order valence-corrected chi connectivity index (χ3v) is 9.37. The highest BCUT2D eigenvalue weighted by molar-refractivity contribution is 5.90. The number of aryl methyl sites for hydroxylation is 1. The van der Waals surface area contributed by atoms with Gasteiger partial charge in [-0.15, -0.1) is 0 Å². The first-order valence-electron chi connectivity index (χ1n) is 17.4. The topological polar surface area (TPSA) is 6.48 Å². The number of fused-ring (bicyclic) bond motifs is 1. The Kier molecular flexibility index (Phi) is 8.96. The standard InChI is InChI=1S/C49H38N2/c1-37-12-8-11-19-49(37)51(48-35-30-40-13-9-10-14-43(40)36-48)47-33-28-42(29-34-47)41-26-22-38(23-27-41)20-21-39-24-31-46(32-25-39)50(44-15-4-2-5-16-44)45-17-6-3-7-18-45/h2-36H,1H3/b21-20+. The molecule has 2 nitrogen and oxygen atoms in total. The van der Waals surface area contributed by atoms with Gasteiger partial charge in [0.1, 0.15) is 0 Å². The summed E-state index contributed by atoms with van der Waals surface area (Å²) in [5.41, 5.74) is 12.8. The van der Waals surface area contributed by atoms with Crippen LogP contribution in [0, 0.1) is 6.92 Å². The van der Waals surface area contributed by atoms with Crippen molar-refractivity contribution in [1.82, 2.24) is 0 Å². The lowest BCUT2D eigenvalue weighted by Gasteiger charge is -2.27. The van der Waals surface area contributed by atoms with Crippen molar-refractivity contribution in [3.8, 4) is 11.1 Å². The van der Waals surface area contributed by atoms with E-state index in [1.54, 1.807) is 0 Å². The maximum atomic E-state index is 2.35. The largest absolute Gasteiger partial charge is 0.311 e. The molecule has 0 aliphatic rings. The van der Waals surface area contributed by atoms with Crippen LogP contribution in [-0.4, -0.2) is 0 Å². The fraction of sp³-hybridized carbons (Fsp3) is 0.0204. The van der Waals surface area contributed by atoms with Crippen molar-refractivity contribution in [3.63, 3.8) is 0 Å². The molecule has 0 aromatic heterocycles. The van der Waals surface area contributed by atoms with Crippen LogP contribution in [0.25, 0.3) is 34.1 Å². The van der Waals surface area contributed by atoms with Crippen LogP contribution in [0.1, 0.15) is 16.7 Å². The number of rotatable bonds is 9. The second-order valence-electron chi connectivity index (χ2n) is 12.8. The lowest BCUT2D eigenvalue weighted by atomic mass is 10.0. The van der Waals surface area contributed by atoms with Crippen LogP contribution in [0.2, 0.25) is 0 Å². The van der Waals surface area contributed by atoms with Crippen molar-refractivity contribution in [2.45, 2.75) is 6.92 Å². The minimum absolute atomic E-state index is 1.12. The molecule has 0 aliphatic heterocycles. The molecule has 8 rings (SSSR count). The van der Waals surface area contributed by atoms with Crippen LogP contribution in [0.15, 0.2) is 200 Å². The molecule has 0 fully saturated rings. The molecule has 0 N–H and O–H groups in total. The Labute approximate surface area is 300 Å².